The van der Waals surface area contributed by atoms with Gasteiger partial charge in [-0.25, -0.2) is 15.0 Å². The van der Waals surface area contributed by atoms with Gasteiger partial charge < -0.3 is 30.1 Å². The maximum Gasteiger partial charge on any atom is 0.434 e. The summed E-state index contributed by atoms with van der Waals surface area (Å²) in [6.45, 7) is -0.525. The van der Waals surface area contributed by atoms with Crippen LogP contribution < -0.4 is 10.1 Å². The molecule has 0 spiro atoms. The largest absolute Gasteiger partial charge is 0.461 e. The van der Waals surface area contributed by atoms with Crippen LogP contribution in [-0.4, -0.2) is 72.8 Å². The Bertz CT molecular complexity index is 810. The average Bonchev–Trinajstić information content (AvgIpc) is 2.71. The van der Waals surface area contributed by atoms with Crippen LogP contribution in [0.3, 0.4) is 0 Å². The Kier molecular flexibility index (Phi) is 6.42. The summed E-state index contributed by atoms with van der Waals surface area (Å²) in [5.74, 6) is -0.216. The molecule has 0 amide bonds. The fourth-order valence-corrected chi connectivity index (χ4v) is 2.57. The van der Waals surface area contributed by atoms with Gasteiger partial charge in [0.2, 0.25) is 0 Å². The quantitative estimate of drug-likeness (QED) is 0.497. The molecule has 1 aliphatic heterocycles. The third-order valence-electron chi connectivity index (χ3n) is 4.13. The van der Waals surface area contributed by atoms with E-state index in [0.29, 0.717) is 11.8 Å². The fraction of sp³-hybridized carbons (Fsp3) is 0.500. The van der Waals surface area contributed by atoms with E-state index >= 15 is 0 Å². The maximum atomic E-state index is 12.7. The van der Waals surface area contributed by atoms with E-state index in [1.807, 2.05) is 0 Å². The SMILES string of the molecule is OCc1cnc(OC[C@H]2OC[C@H](Nc3cncc(C(F)(F)F)n3)[C@@H](O)[C@H]2O)nc1. The summed E-state index contributed by atoms with van der Waals surface area (Å²) < 4.78 is 48.9. The lowest BCUT2D eigenvalue weighted by Gasteiger charge is -2.37. The summed E-state index contributed by atoms with van der Waals surface area (Å²) in [5.41, 5.74) is -0.693. The van der Waals surface area contributed by atoms with E-state index in [0.717, 1.165) is 6.20 Å². The molecule has 4 atom stereocenters. The van der Waals surface area contributed by atoms with Crippen molar-refractivity contribution in [3.63, 3.8) is 0 Å². The highest BCUT2D eigenvalue weighted by Crippen LogP contribution is 2.28. The van der Waals surface area contributed by atoms with Gasteiger partial charge in [0.1, 0.15) is 30.7 Å². The van der Waals surface area contributed by atoms with Crippen molar-refractivity contribution in [1.29, 1.82) is 0 Å². The third kappa shape index (κ3) is 5.26. The molecule has 2 aromatic rings. The van der Waals surface area contributed by atoms with Crippen LogP contribution in [0, 0.1) is 0 Å². The first-order valence-corrected chi connectivity index (χ1v) is 8.46. The van der Waals surface area contributed by atoms with Crippen LogP contribution in [0.5, 0.6) is 6.01 Å². The zero-order chi connectivity index (χ0) is 21.0. The number of aliphatic hydroxyl groups excluding tert-OH is 3. The molecule has 4 N–H and O–H groups in total. The minimum atomic E-state index is -4.66. The second-order valence-electron chi connectivity index (χ2n) is 6.23. The lowest BCUT2D eigenvalue weighted by Crippen LogP contribution is -2.57. The van der Waals surface area contributed by atoms with E-state index in [4.69, 9.17) is 14.6 Å². The summed E-state index contributed by atoms with van der Waals surface area (Å²) in [5, 5.41) is 32.1. The summed E-state index contributed by atoms with van der Waals surface area (Å²) in [6.07, 6.45) is -3.96. The second-order valence-corrected chi connectivity index (χ2v) is 6.23. The number of ether oxygens (including phenoxy) is 2. The van der Waals surface area contributed by atoms with Gasteiger partial charge >= 0.3 is 12.2 Å². The molecule has 0 radical (unpaired) electrons. The van der Waals surface area contributed by atoms with E-state index in [1.165, 1.54) is 12.4 Å². The minimum absolute atomic E-state index is 0.00743. The van der Waals surface area contributed by atoms with E-state index in [1.54, 1.807) is 0 Å². The molecule has 3 heterocycles. The van der Waals surface area contributed by atoms with E-state index in [-0.39, 0.29) is 31.6 Å². The van der Waals surface area contributed by atoms with Gasteiger partial charge in [-0.2, -0.15) is 13.2 Å². The van der Waals surface area contributed by atoms with Crippen molar-refractivity contribution < 1.29 is 38.0 Å². The van der Waals surface area contributed by atoms with Crippen LogP contribution in [0.15, 0.2) is 24.8 Å². The number of rotatable bonds is 6. The highest BCUT2D eigenvalue weighted by atomic mass is 19.4. The van der Waals surface area contributed by atoms with Gasteiger partial charge in [0.25, 0.3) is 0 Å². The van der Waals surface area contributed by atoms with Crippen molar-refractivity contribution >= 4 is 5.82 Å². The number of hydrogen-bond donors (Lipinski definition) is 4. The molecule has 1 fully saturated rings. The van der Waals surface area contributed by atoms with Gasteiger partial charge in [-0.15, -0.1) is 0 Å². The van der Waals surface area contributed by atoms with Gasteiger partial charge in [0, 0.05) is 18.0 Å². The lowest BCUT2D eigenvalue weighted by molar-refractivity contribution is -0.150. The summed E-state index contributed by atoms with van der Waals surface area (Å²) in [4.78, 5) is 14.6. The van der Waals surface area contributed by atoms with Crippen molar-refractivity contribution in [3.8, 4) is 6.01 Å². The minimum Gasteiger partial charge on any atom is -0.461 e. The molecule has 0 bridgehead atoms. The molecule has 1 aliphatic rings. The highest BCUT2D eigenvalue weighted by Gasteiger charge is 2.39. The molecule has 2 aromatic heterocycles. The van der Waals surface area contributed by atoms with Crippen LogP contribution in [0.1, 0.15) is 11.3 Å². The van der Waals surface area contributed by atoms with Crippen LogP contribution >= 0.6 is 0 Å². The Morgan fingerprint density at radius 1 is 1.14 bits per heavy atom. The first kappa shape index (κ1) is 21.1. The average molecular weight is 417 g/mol. The zero-order valence-electron chi connectivity index (χ0n) is 14.8. The predicted octanol–water partition coefficient (Wildman–Crippen LogP) is -0.242. The number of anilines is 1. The summed E-state index contributed by atoms with van der Waals surface area (Å²) in [6, 6.07) is -0.925. The summed E-state index contributed by atoms with van der Waals surface area (Å²) >= 11 is 0. The van der Waals surface area contributed by atoms with Crippen LogP contribution in [-0.2, 0) is 17.5 Å². The molecular weight excluding hydrogens is 399 g/mol. The summed E-state index contributed by atoms with van der Waals surface area (Å²) in [7, 11) is 0. The van der Waals surface area contributed by atoms with Crippen LogP contribution in [0.2, 0.25) is 0 Å². The highest BCUT2D eigenvalue weighted by molar-refractivity contribution is 5.34. The normalized spacial score (nSPS) is 24.9. The number of alkyl halides is 3. The van der Waals surface area contributed by atoms with Gasteiger partial charge in [0.15, 0.2) is 5.69 Å². The maximum absolute atomic E-state index is 12.7. The molecule has 158 valence electrons. The molecule has 0 unspecified atom stereocenters. The Balaban J connectivity index is 1.57. The first-order valence-electron chi connectivity index (χ1n) is 8.46. The van der Waals surface area contributed by atoms with Gasteiger partial charge in [-0.05, 0) is 0 Å². The molecule has 0 aliphatic carbocycles. The predicted molar refractivity (Wildman–Crippen MR) is 89.6 cm³/mol. The molecule has 3 rings (SSSR count). The first-order chi connectivity index (χ1) is 13.8. The third-order valence-corrected chi connectivity index (χ3v) is 4.13. The van der Waals surface area contributed by atoms with Crippen molar-refractivity contribution in [1.82, 2.24) is 19.9 Å². The molecular formula is C16H18F3N5O5. The molecule has 29 heavy (non-hydrogen) atoms. The topological polar surface area (TPSA) is 143 Å². The number of hydrogen-bond acceptors (Lipinski definition) is 10. The van der Waals surface area contributed by atoms with Crippen molar-refractivity contribution in [2.75, 3.05) is 18.5 Å². The monoisotopic (exact) mass is 417 g/mol. The Morgan fingerprint density at radius 3 is 2.52 bits per heavy atom. The standard InChI is InChI=1S/C16H18F3N5O5/c17-16(18,19)11-3-20-4-12(24-11)23-9-6-28-10(14(27)13(9)26)7-29-15-21-1-8(5-25)2-22-15/h1-4,9-10,13-14,25-27H,5-7H2,(H,23,24)/t9-,10+,13+,14-/m0/s1. The van der Waals surface area contributed by atoms with Gasteiger partial charge in [-0.1, -0.05) is 0 Å². The molecule has 1 saturated heterocycles. The van der Waals surface area contributed by atoms with E-state index in [2.05, 4.69) is 25.3 Å². The number of aliphatic hydroxyl groups is 3. The Hall–Kier alpha value is -2.61. The van der Waals surface area contributed by atoms with Crippen molar-refractivity contribution in [3.05, 3.63) is 36.0 Å². The molecule has 10 nitrogen and oxygen atoms in total. The lowest BCUT2D eigenvalue weighted by atomic mass is 9.98. The van der Waals surface area contributed by atoms with E-state index < -0.39 is 36.2 Å². The van der Waals surface area contributed by atoms with Crippen LogP contribution in [0.4, 0.5) is 19.0 Å². The number of nitrogens with one attached hydrogen (secondary N) is 1. The van der Waals surface area contributed by atoms with Gasteiger partial charge in [0.05, 0.1) is 31.6 Å². The smallest absolute Gasteiger partial charge is 0.434 e. The molecule has 0 saturated carbocycles. The fourth-order valence-electron chi connectivity index (χ4n) is 2.57. The number of halogens is 3. The van der Waals surface area contributed by atoms with Crippen molar-refractivity contribution in [2.45, 2.75) is 37.1 Å². The molecule has 0 aromatic carbocycles. The van der Waals surface area contributed by atoms with E-state index in [9.17, 15) is 23.4 Å². The van der Waals surface area contributed by atoms with Crippen molar-refractivity contribution in [2.24, 2.45) is 0 Å². The van der Waals surface area contributed by atoms with Crippen LogP contribution in [0.25, 0.3) is 0 Å². The van der Waals surface area contributed by atoms with Gasteiger partial charge in [-0.3, -0.25) is 4.98 Å². The number of nitrogens with zero attached hydrogens (tertiary/aromatic N) is 4. The second kappa shape index (κ2) is 8.82. The Labute approximate surface area is 162 Å². The Morgan fingerprint density at radius 2 is 1.86 bits per heavy atom. The molecule has 13 heteroatoms. The zero-order valence-corrected chi connectivity index (χ0v) is 14.8. The number of aromatic nitrogens is 4.